The number of hydrogen-bond acceptors (Lipinski definition) is 1. The fraction of sp³-hybridized carbons (Fsp3) is 0.143. The molecule has 0 aliphatic carbocycles. The van der Waals surface area contributed by atoms with E-state index in [4.69, 9.17) is 11.6 Å². The van der Waals surface area contributed by atoms with Crippen LogP contribution in [0.1, 0.15) is 11.1 Å². The molecule has 0 radical (unpaired) electrons. The van der Waals surface area contributed by atoms with Crippen molar-refractivity contribution in [3.63, 3.8) is 0 Å². The Bertz CT molecular complexity index is 508. The maximum absolute atomic E-state index is 5.85. The molecule has 2 aromatic carbocycles. The summed E-state index contributed by atoms with van der Waals surface area (Å²) in [5.74, 6) is 0. The summed E-state index contributed by atoms with van der Waals surface area (Å²) in [4.78, 5) is 0. The van der Waals surface area contributed by atoms with Gasteiger partial charge in [0.2, 0.25) is 0 Å². The van der Waals surface area contributed by atoms with E-state index in [0.29, 0.717) is 0 Å². The molecule has 2 aromatic rings. The van der Waals surface area contributed by atoms with Crippen molar-refractivity contribution in [2.24, 2.45) is 0 Å². The first-order valence-corrected chi connectivity index (χ1v) is 6.57. The smallest absolute Gasteiger partial charge is 0.0489 e. The fourth-order valence-corrected chi connectivity index (χ4v) is 2.09. The van der Waals surface area contributed by atoms with Crippen molar-refractivity contribution in [2.75, 3.05) is 5.32 Å². The SMILES string of the molecule is Cc1ccc(Br)c(NCc2ccc(Cl)cc2)c1. The van der Waals surface area contributed by atoms with Gasteiger partial charge in [-0.2, -0.15) is 0 Å². The van der Waals surface area contributed by atoms with E-state index in [9.17, 15) is 0 Å². The fourth-order valence-electron chi connectivity index (χ4n) is 1.57. The Morgan fingerprint density at radius 3 is 2.53 bits per heavy atom. The molecule has 0 heterocycles. The molecular formula is C14H13BrClN. The molecule has 0 aromatic heterocycles. The minimum Gasteiger partial charge on any atom is -0.380 e. The number of benzene rings is 2. The second-order valence-electron chi connectivity index (χ2n) is 3.96. The molecule has 0 aliphatic heterocycles. The second-order valence-corrected chi connectivity index (χ2v) is 5.25. The highest BCUT2D eigenvalue weighted by Gasteiger charge is 1.99. The van der Waals surface area contributed by atoms with Crippen LogP contribution in [0.2, 0.25) is 5.02 Å². The maximum atomic E-state index is 5.85. The molecule has 0 saturated heterocycles. The van der Waals surface area contributed by atoms with E-state index in [1.165, 1.54) is 11.1 Å². The van der Waals surface area contributed by atoms with E-state index in [2.05, 4.69) is 46.4 Å². The third kappa shape index (κ3) is 3.48. The van der Waals surface area contributed by atoms with Gasteiger partial charge >= 0.3 is 0 Å². The average Bonchev–Trinajstić information content (AvgIpc) is 2.32. The molecule has 0 aliphatic rings. The Labute approximate surface area is 115 Å². The van der Waals surface area contributed by atoms with Crippen LogP contribution < -0.4 is 5.32 Å². The molecule has 88 valence electrons. The number of anilines is 1. The summed E-state index contributed by atoms with van der Waals surface area (Å²) in [7, 11) is 0. The van der Waals surface area contributed by atoms with Crippen LogP contribution in [-0.4, -0.2) is 0 Å². The lowest BCUT2D eigenvalue weighted by molar-refractivity contribution is 1.14. The van der Waals surface area contributed by atoms with Crippen molar-refractivity contribution in [3.8, 4) is 0 Å². The zero-order valence-corrected chi connectivity index (χ0v) is 11.8. The topological polar surface area (TPSA) is 12.0 Å². The van der Waals surface area contributed by atoms with Crippen LogP contribution >= 0.6 is 27.5 Å². The summed E-state index contributed by atoms with van der Waals surface area (Å²) in [6.07, 6.45) is 0. The van der Waals surface area contributed by atoms with Gasteiger partial charge in [0.05, 0.1) is 0 Å². The molecule has 0 unspecified atom stereocenters. The Hall–Kier alpha value is -0.990. The second kappa shape index (κ2) is 5.56. The predicted octanol–water partition coefficient (Wildman–Crippen LogP) is 5.02. The molecule has 0 saturated carbocycles. The van der Waals surface area contributed by atoms with Crippen molar-refractivity contribution in [1.29, 1.82) is 0 Å². The Morgan fingerprint density at radius 1 is 1.12 bits per heavy atom. The standard InChI is InChI=1S/C14H13BrClN/c1-10-2-7-13(15)14(8-10)17-9-11-3-5-12(16)6-4-11/h2-8,17H,9H2,1H3. The van der Waals surface area contributed by atoms with Gasteiger partial charge < -0.3 is 5.32 Å². The molecule has 17 heavy (non-hydrogen) atoms. The van der Waals surface area contributed by atoms with E-state index in [-0.39, 0.29) is 0 Å². The Kier molecular flexibility index (Phi) is 4.08. The maximum Gasteiger partial charge on any atom is 0.0489 e. The van der Waals surface area contributed by atoms with E-state index in [1.807, 2.05) is 24.3 Å². The highest BCUT2D eigenvalue weighted by Crippen LogP contribution is 2.24. The van der Waals surface area contributed by atoms with Crippen molar-refractivity contribution < 1.29 is 0 Å². The summed E-state index contributed by atoms with van der Waals surface area (Å²) in [5.41, 5.74) is 3.56. The largest absolute Gasteiger partial charge is 0.380 e. The zero-order valence-electron chi connectivity index (χ0n) is 9.50. The predicted molar refractivity (Wildman–Crippen MR) is 77.7 cm³/mol. The quantitative estimate of drug-likeness (QED) is 0.839. The van der Waals surface area contributed by atoms with Gasteiger partial charge in [-0.15, -0.1) is 0 Å². The third-order valence-corrected chi connectivity index (χ3v) is 3.46. The van der Waals surface area contributed by atoms with E-state index >= 15 is 0 Å². The molecule has 1 N–H and O–H groups in total. The lowest BCUT2D eigenvalue weighted by Gasteiger charge is -2.09. The summed E-state index contributed by atoms with van der Waals surface area (Å²) in [5, 5.41) is 4.17. The van der Waals surface area contributed by atoms with Gasteiger partial charge in [0.25, 0.3) is 0 Å². The van der Waals surface area contributed by atoms with Crippen molar-refractivity contribution >= 4 is 33.2 Å². The zero-order chi connectivity index (χ0) is 12.3. The van der Waals surface area contributed by atoms with E-state index in [0.717, 1.165) is 21.7 Å². The average molecular weight is 311 g/mol. The lowest BCUT2D eigenvalue weighted by atomic mass is 10.2. The molecule has 0 amide bonds. The van der Waals surface area contributed by atoms with Crippen LogP contribution in [0.3, 0.4) is 0 Å². The molecule has 0 bridgehead atoms. The minimum absolute atomic E-state index is 0.769. The Morgan fingerprint density at radius 2 is 1.82 bits per heavy atom. The first-order chi connectivity index (χ1) is 8.15. The highest BCUT2D eigenvalue weighted by molar-refractivity contribution is 9.10. The van der Waals surface area contributed by atoms with Gasteiger partial charge in [-0.1, -0.05) is 29.8 Å². The van der Waals surface area contributed by atoms with Crippen molar-refractivity contribution in [1.82, 2.24) is 0 Å². The highest BCUT2D eigenvalue weighted by atomic mass is 79.9. The van der Waals surface area contributed by atoms with Gasteiger partial charge in [0.1, 0.15) is 0 Å². The van der Waals surface area contributed by atoms with Gasteiger partial charge in [0.15, 0.2) is 0 Å². The van der Waals surface area contributed by atoms with Gasteiger partial charge in [0, 0.05) is 21.7 Å². The van der Waals surface area contributed by atoms with Crippen LogP contribution in [-0.2, 0) is 6.54 Å². The number of rotatable bonds is 3. The lowest BCUT2D eigenvalue weighted by Crippen LogP contribution is -2.00. The van der Waals surface area contributed by atoms with Crippen molar-refractivity contribution in [3.05, 3.63) is 63.1 Å². The van der Waals surface area contributed by atoms with Crippen molar-refractivity contribution in [2.45, 2.75) is 13.5 Å². The first kappa shape index (κ1) is 12.5. The monoisotopic (exact) mass is 309 g/mol. The van der Waals surface area contributed by atoms with E-state index < -0.39 is 0 Å². The molecule has 2 rings (SSSR count). The number of halogens is 2. The summed E-state index contributed by atoms with van der Waals surface area (Å²) in [6, 6.07) is 14.1. The van der Waals surface area contributed by atoms with Crippen LogP contribution in [0.25, 0.3) is 0 Å². The van der Waals surface area contributed by atoms with Gasteiger partial charge in [-0.3, -0.25) is 0 Å². The molecule has 0 fully saturated rings. The van der Waals surface area contributed by atoms with Gasteiger partial charge in [-0.25, -0.2) is 0 Å². The Balaban J connectivity index is 2.07. The number of hydrogen-bond donors (Lipinski definition) is 1. The third-order valence-electron chi connectivity index (χ3n) is 2.52. The molecule has 1 nitrogen and oxygen atoms in total. The summed E-state index contributed by atoms with van der Waals surface area (Å²) < 4.78 is 1.08. The normalized spacial score (nSPS) is 10.3. The van der Waals surface area contributed by atoms with Crippen LogP contribution in [0, 0.1) is 6.92 Å². The molecule has 3 heteroatoms. The molecule has 0 atom stereocenters. The first-order valence-electron chi connectivity index (χ1n) is 5.39. The molecular weight excluding hydrogens is 298 g/mol. The minimum atomic E-state index is 0.769. The number of aryl methyl sites for hydroxylation is 1. The summed E-state index contributed by atoms with van der Waals surface area (Å²) in [6.45, 7) is 2.87. The summed E-state index contributed by atoms with van der Waals surface area (Å²) >= 11 is 9.38. The van der Waals surface area contributed by atoms with Gasteiger partial charge in [-0.05, 0) is 58.2 Å². The van der Waals surface area contributed by atoms with Crippen LogP contribution in [0.5, 0.6) is 0 Å². The number of nitrogens with one attached hydrogen (secondary N) is 1. The van der Waals surface area contributed by atoms with Crippen LogP contribution in [0.15, 0.2) is 46.9 Å². The van der Waals surface area contributed by atoms with E-state index in [1.54, 1.807) is 0 Å². The molecule has 0 spiro atoms. The van der Waals surface area contributed by atoms with Crippen LogP contribution in [0.4, 0.5) is 5.69 Å².